The standard InChI is InChI=1S/C17H25NO/c1-3-13-7-10-17(11-8-13)12-15(19)18-14-6-4-5-9-16(14,17)2/h4-6,13H,3,7-12H2,1-2H3,(H,18,19). The quantitative estimate of drug-likeness (QED) is 0.759. The second-order valence-corrected chi connectivity index (χ2v) is 6.90. The van der Waals surface area contributed by atoms with Crippen molar-refractivity contribution in [2.45, 2.75) is 58.8 Å². The van der Waals surface area contributed by atoms with Gasteiger partial charge in [-0.2, -0.15) is 0 Å². The molecule has 0 aromatic rings. The van der Waals surface area contributed by atoms with Crippen molar-refractivity contribution < 1.29 is 4.79 Å². The topological polar surface area (TPSA) is 29.1 Å². The summed E-state index contributed by atoms with van der Waals surface area (Å²) >= 11 is 0. The molecular formula is C17H25NO. The number of rotatable bonds is 1. The predicted octanol–water partition coefficient (Wildman–Crippen LogP) is 3.94. The molecule has 0 aromatic carbocycles. The molecule has 2 aliphatic carbocycles. The van der Waals surface area contributed by atoms with Gasteiger partial charge < -0.3 is 5.32 Å². The van der Waals surface area contributed by atoms with Crippen LogP contribution in [0.4, 0.5) is 0 Å². The van der Waals surface area contributed by atoms with Crippen molar-refractivity contribution in [1.82, 2.24) is 5.32 Å². The Bertz CT molecular complexity index is 440. The maximum atomic E-state index is 12.1. The number of nitrogens with one attached hydrogen (secondary N) is 1. The number of carbonyl (C=O) groups excluding carboxylic acids is 1. The van der Waals surface area contributed by atoms with Crippen LogP contribution in [0.3, 0.4) is 0 Å². The Labute approximate surface area is 116 Å². The Kier molecular flexibility index (Phi) is 3.07. The van der Waals surface area contributed by atoms with Gasteiger partial charge in [0.15, 0.2) is 0 Å². The lowest BCUT2D eigenvalue weighted by Gasteiger charge is -2.56. The third-order valence-electron chi connectivity index (χ3n) is 6.10. The predicted molar refractivity (Wildman–Crippen MR) is 77.4 cm³/mol. The molecule has 1 aliphatic heterocycles. The minimum Gasteiger partial charge on any atom is -0.329 e. The number of piperidine rings is 1. The smallest absolute Gasteiger partial charge is 0.224 e. The molecule has 19 heavy (non-hydrogen) atoms. The van der Waals surface area contributed by atoms with Crippen molar-refractivity contribution in [1.29, 1.82) is 0 Å². The van der Waals surface area contributed by atoms with Gasteiger partial charge in [-0.25, -0.2) is 0 Å². The fraction of sp³-hybridized carbons (Fsp3) is 0.706. The normalized spacial score (nSPS) is 41.7. The molecule has 1 N–H and O–H groups in total. The van der Waals surface area contributed by atoms with Crippen LogP contribution in [0, 0.1) is 16.7 Å². The van der Waals surface area contributed by atoms with Crippen LogP contribution in [0.2, 0.25) is 0 Å². The summed E-state index contributed by atoms with van der Waals surface area (Å²) in [7, 11) is 0. The molecule has 104 valence electrons. The highest BCUT2D eigenvalue weighted by atomic mass is 16.1. The van der Waals surface area contributed by atoms with Crippen LogP contribution < -0.4 is 5.32 Å². The van der Waals surface area contributed by atoms with Crippen molar-refractivity contribution in [3.63, 3.8) is 0 Å². The Morgan fingerprint density at radius 2 is 2.11 bits per heavy atom. The van der Waals surface area contributed by atoms with Gasteiger partial charge >= 0.3 is 0 Å². The van der Waals surface area contributed by atoms with E-state index in [-0.39, 0.29) is 16.7 Å². The summed E-state index contributed by atoms with van der Waals surface area (Å²) in [6, 6.07) is 0. The van der Waals surface area contributed by atoms with Gasteiger partial charge in [0, 0.05) is 17.5 Å². The van der Waals surface area contributed by atoms with Crippen LogP contribution in [-0.2, 0) is 4.79 Å². The number of hydrogen-bond acceptors (Lipinski definition) is 1. The van der Waals surface area contributed by atoms with E-state index in [0.29, 0.717) is 0 Å². The molecule has 2 nitrogen and oxygen atoms in total. The van der Waals surface area contributed by atoms with E-state index in [1.165, 1.54) is 37.8 Å². The maximum Gasteiger partial charge on any atom is 0.224 e. The zero-order chi connectivity index (χ0) is 13.5. The van der Waals surface area contributed by atoms with E-state index in [1.807, 2.05) is 0 Å². The molecule has 1 spiro atoms. The summed E-state index contributed by atoms with van der Waals surface area (Å²) in [4.78, 5) is 12.1. The van der Waals surface area contributed by atoms with Gasteiger partial charge in [0.05, 0.1) is 0 Å². The van der Waals surface area contributed by atoms with Crippen LogP contribution >= 0.6 is 0 Å². The van der Waals surface area contributed by atoms with Gasteiger partial charge in [0.1, 0.15) is 0 Å². The van der Waals surface area contributed by atoms with Crippen molar-refractivity contribution in [2.75, 3.05) is 0 Å². The summed E-state index contributed by atoms with van der Waals surface area (Å²) in [5.74, 6) is 1.11. The number of hydrogen-bond donors (Lipinski definition) is 1. The summed E-state index contributed by atoms with van der Waals surface area (Å²) < 4.78 is 0. The monoisotopic (exact) mass is 259 g/mol. The minimum absolute atomic E-state index is 0.147. The molecule has 1 amide bonds. The highest BCUT2D eigenvalue weighted by Gasteiger charge is 2.55. The minimum atomic E-state index is 0.147. The Morgan fingerprint density at radius 3 is 2.79 bits per heavy atom. The summed E-state index contributed by atoms with van der Waals surface area (Å²) in [6.45, 7) is 4.67. The second kappa shape index (κ2) is 4.50. The number of carbonyl (C=O) groups is 1. The zero-order valence-electron chi connectivity index (χ0n) is 12.2. The maximum absolute atomic E-state index is 12.1. The average molecular weight is 259 g/mol. The molecule has 1 atom stereocenters. The Morgan fingerprint density at radius 1 is 1.37 bits per heavy atom. The van der Waals surface area contributed by atoms with Gasteiger partial charge in [-0.3, -0.25) is 4.79 Å². The molecule has 1 heterocycles. The molecule has 2 heteroatoms. The third kappa shape index (κ3) is 1.87. The van der Waals surface area contributed by atoms with Crippen LogP contribution in [-0.4, -0.2) is 5.91 Å². The van der Waals surface area contributed by atoms with Crippen LogP contribution in [0.15, 0.2) is 23.9 Å². The Balaban J connectivity index is 1.93. The summed E-state index contributed by atoms with van der Waals surface area (Å²) in [5.41, 5.74) is 1.52. The average Bonchev–Trinajstić information content (AvgIpc) is 2.41. The van der Waals surface area contributed by atoms with Gasteiger partial charge in [0.25, 0.3) is 0 Å². The van der Waals surface area contributed by atoms with E-state index in [0.717, 1.165) is 18.8 Å². The molecular weight excluding hydrogens is 234 g/mol. The van der Waals surface area contributed by atoms with E-state index >= 15 is 0 Å². The van der Waals surface area contributed by atoms with Crippen molar-refractivity contribution >= 4 is 5.91 Å². The van der Waals surface area contributed by atoms with E-state index in [1.54, 1.807) is 0 Å². The molecule has 0 bridgehead atoms. The fourth-order valence-corrected chi connectivity index (χ4v) is 4.51. The van der Waals surface area contributed by atoms with Gasteiger partial charge in [-0.05, 0) is 49.5 Å². The number of amides is 1. The van der Waals surface area contributed by atoms with Crippen molar-refractivity contribution in [3.05, 3.63) is 23.9 Å². The first-order chi connectivity index (χ1) is 9.10. The highest BCUT2D eigenvalue weighted by molar-refractivity contribution is 5.81. The molecule has 0 radical (unpaired) electrons. The van der Waals surface area contributed by atoms with Crippen LogP contribution in [0.5, 0.6) is 0 Å². The molecule has 0 aromatic heterocycles. The van der Waals surface area contributed by atoms with Crippen molar-refractivity contribution in [3.8, 4) is 0 Å². The highest BCUT2D eigenvalue weighted by Crippen LogP contribution is 2.60. The third-order valence-corrected chi connectivity index (χ3v) is 6.10. The lowest BCUT2D eigenvalue weighted by molar-refractivity contribution is -0.131. The molecule has 3 aliphatic rings. The first-order valence-corrected chi connectivity index (χ1v) is 7.77. The molecule has 2 fully saturated rings. The summed E-state index contributed by atoms with van der Waals surface area (Å²) in [5, 5.41) is 3.13. The van der Waals surface area contributed by atoms with Crippen LogP contribution in [0.1, 0.15) is 58.8 Å². The van der Waals surface area contributed by atoms with Crippen LogP contribution in [0.25, 0.3) is 0 Å². The van der Waals surface area contributed by atoms with E-state index in [4.69, 9.17) is 0 Å². The van der Waals surface area contributed by atoms with E-state index < -0.39 is 0 Å². The van der Waals surface area contributed by atoms with E-state index in [9.17, 15) is 4.79 Å². The molecule has 1 unspecified atom stereocenters. The van der Waals surface area contributed by atoms with Gasteiger partial charge in [-0.1, -0.05) is 32.4 Å². The number of fused-ring (bicyclic) bond motifs is 2. The lowest BCUT2D eigenvalue weighted by atomic mass is 9.50. The fourth-order valence-electron chi connectivity index (χ4n) is 4.51. The molecule has 1 saturated carbocycles. The first kappa shape index (κ1) is 13.0. The van der Waals surface area contributed by atoms with Crippen molar-refractivity contribution in [2.24, 2.45) is 16.7 Å². The first-order valence-electron chi connectivity index (χ1n) is 7.77. The van der Waals surface area contributed by atoms with Gasteiger partial charge in [0.2, 0.25) is 5.91 Å². The second-order valence-electron chi connectivity index (χ2n) is 6.90. The SMILES string of the molecule is CCC1CCC2(CC1)CC(=O)NC1=CC=CCC12C. The Hall–Kier alpha value is -1.05. The zero-order valence-corrected chi connectivity index (χ0v) is 12.2. The summed E-state index contributed by atoms with van der Waals surface area (Å²) in [6.07, 6.45) is 14.6. The molecule has 1 saturated heterocycles. The lowest BCUT2D eigenvalue weighted by Crippen LogP contribution is -2.54. The molecule has 3 rings (SSSR count). The van der Waals surface area contributed by atoms with E-state index in [2.05, 4.69) is 37.4 Å². The largest absolute Gasteiger partial charge is 0.329 e. The van der Waals surface area contributed by atoms with Gasteiger partial charge in [-0.15, -0.1) is 0 Å². The number of allylic oxidation sites excluding steroid dienone is 4.